The first-order chi connectivity index (χ1) is 11.8. The average molecular weight is 469 g/mol. The number of carbonyl (C=O) groups is 1. The number of aromatic nitrogens is 3. The van der Waals surface area contributed by atoms with Gasteiger partial charge in [-0.15, -0.1) is 0 Å². The van der Waals surface area contributed by atoms with Crippen molar-refractivity contribution in [2.75, 3.05) is 5.32 Å². The maximum absolute atomic E-state index is 12.2. The van der Waals surface area contributed by atoms with Gasteiger partial charge in [0.25, 0.3) is 0 Å². The first-order valence-electron chi connectivity index (χ1n) is 7.83. The van der Waals surface area contributed by atoms with E-state index in [1.165, 1.54) is 0 Å². The van der Waals surface area contributed by atoms with Crippen LogP contribution in [0.15, 0.2) is 36.5 Å². The van der Waals surface area contributed by atoms with E-state index in [2.05, 4.69) is 50.0 Å². The molecule has 0 unspecified atom stereocenters. The molecule has 3 rings (SSSR count). The van der Waals surface area contributed by atoms with Gasteiger partial charge in [-0.25, -0.2) is 0 Å². The first kappa shape index (κ1) is 18.1. The molecule has 2 heterocycles. The van der Waals surface area contributed by atoms with Gasteiger partial charge in [-0.1, -0.05) is 62.7 Å². The van der Waals surface area contributed by atoms with Gasteiger partial charge >= 0.3 is 0 Å². The van der Waals surface area contributed by atoms with Gasteiger partial charge in [0, 0.05) is 21.7 Å². The summed E-state index contributed by atoms with van der Waals surface area (Å²) >= 11 is 8.59. The molecule has 0 aliphatic rings. The second-order valence-electron chi connectivity index (χ2n) is 6.83. The molecule has 0 saturated heterocycles. The first-order valence-corrected chi connectivity index (χ1v) is 9.28. The highest BCUT2D eigenvalue weighted by atomic mass is 127. The minimum absolute atomic E-state index is 0.154. The molecule has 0 aliphatic heterocycles. The lowest BCUT2D eigenvalue weighted by Crippen LogP contribution is -2.28. The number of nitrogens with zero attached hydrogens (tertiary/aromatic N) is 3. The molecule has 1 aromatic carbocycles. The number of rotatable bonds is 3. The topological polar surface area (TPSA) is 59.8 Å². The van der Waals surface area contributed by atoms with E-state index in [4.69, 9.17) is 11.6 Å². The predicted molar refractivity (Wildman–Crippen MR) is 109 cm³/mol. The van der Waals surface area contributed by atoms with Crippen molar-refractivity contribution >= 4 is 57.1 Å². The van der Waals surface area contributed by atoms with Crippen LogP contribution in [0, 0.1) is 8.99 Å². The van der Waals surface area contributed by atoms with E-state index in [1.54, 1.807) is 0 Å². The van der Waals surface area contributed by atoms with E-state index in [-0.39, 0.29) is 11.9 Å². The fraction of sp³-hybridized carbons (Fsp3) is 0.278. The van der Waals surface area contributed by atoms with Crippen LogP contribution in [0.2, 0.25) is 5.15 Å². The zero-order chi connectivity index (χ0) is 18.2. The fourth-order valence-corrected chi connectivity index (χ4v) is 3.60. The zero-order valence-electron chi connectivity index (χ0n) is 14.2. The van der Waals surface area contributed by atoms with Crippen molar-refractivity contribution in [2.24, 2.45) is 5.41 Å². The van der Waals surface area contributed by atoms with Gasteiger partial charge in [-0.05, 0) is 28.2 Å². The third kappa shape index (κ3) is 3.95. The van der Waals surface area contributed by atoms with Crippen LogP contribution in [-0.4, -0.2) is 20.4 Å². The van der Waals surface area contributed by atoms with Crippen LogP contribution in [0.4, 0.5) is 5.95 Å². The molecule has 0 atom stereocenters. The Labute approximate surface area is 164 Å². The Morgan fingerprint density at radius 1 is 1.24 bits per heavy atom. The highest BCUT2D eigenvalue weighted by Gasteiger charge is 2.23. The maximum atomic E-state index is 12.2. The summed E-state index contributed by atoms with van der Waals surface area (Å²) in [5.41, 5.74) is 1.33. The van der Waals surface area contributed by atoms with Gasteiger partial charge in [-0.3, -0.25) is 10.1 Å². The molecular weight excluding hydrogens is 451 g/mol. The fourth-order valence-electron chi connectivity index (χ4n) is 2.34. The molecule has 0 fully saturated rings. The van der Waals surface area contributed by atoms with Gasteiger partial charge in [0.15, 0.2) is 0 Å². The molecule has 25 heavy (non-hydrogen) atoms. The Hall–Kier alpha value is -1.67. The van der Waals surface area contributed by atoms with Gasteiger partial charge in [-0.2, -0.15) is 9.97 Å². The molecule has 0 aliphatic carbocycles. The van der Waals surface area contributed by atoms with Crippen molar-refractivity contribution in [3.63, 3.8) is 0 Å². The van der Waals surface area contributed by atoms with Crippen molar-refractivity contribution in [2.45, 2.75) is 27.3 Å². The second kappa shape index (κ2) is 6.92. The molecule has 0 saturated carbocycles. The summed E-state index contributed by atoms with van der Waals surface area (Å²) in [6, 6.07) is 10.1. The molecule has 5 nitrogen and oxygen atoms in total. The number of fused-ring (bicyclic) bond motifs is 1. The lowest BCUT2D eigenvalue weighted by Gasteiger charge is -2.17. The SMILES string of the molecule is CC(C)(C)C(=O)Nc1nc(Cl)c2c(I)cn(Cc3ccccc3)c2n1. The minimum Gasteiger partial charge on any atom is -0.327 e. The van der Waals surface area contributed by atoms with Crippen molar-refractivity contribution in [1.29, 1.82) is 0 Å². The third-order valence-corrected chi connectivity index (χ3v) is 4.82. The molecule has 0 spiro atoms. The summed E-state index contributed by atoms with van der Waals surface area (Å²) in [5, 5.41) is 3.89. The molecule has 3 aromatic rings. The molecular formula is C18H18ClIN4O. The molecule has 2 aromatic heterocycles. The van der Waals surface area contributed by atoms with Crippen LogP contribution in [-0.2, 0) is 11.3 Å². The van der Waals surface area contributed by atoms with Crippen LogP contribution >= 0.6 is 34.2 Å². The Balaban J connectivity index is 2.03. The molecule has 130 valence electrons. The number of hydrogen-bond donors (Lipinski definition) is 1. The van der Waals surface area contributed by atoms with Crippen LogP contribution < -0.4 is 5.32 Å². The van der Waals surface area contributed by atoms with E-state index < -0.39 is 5.41 Å². The lowest BCUT2D eigenvalue weighted by molar-refractivity contribution is -0.123. The summed E-state index contributed by atoms with van der Waals surface area (Å²) < 4.78 is 2.99. The highest BCUT2D eigenvalue weighted by Crippen LogP contribution is 2.29. The minimum atomic E-state index is -0.536. The van der Waals surface area contributed by atoms with Crippen molar-refractivity contribution in [3.8, 4) is 0 Å². The largest absolute Gasteiger partial charge is 0.327 e. The number of nitrogens with one attached hydrogen (secondary N) is 1. The van der Waals surface area contributed by atoms with E-state index in [0.717, 1.165) is 14.5 Å². The van der Waals surface area contributed by atoms with E-state index >= 15 is 0 Å². The van der Waals surface area contributed by atoms with Gasteiger partial charge < -0.3 is 4.57 Å². The van der Waals surface area contributed by atoms with Crippen LogP contribution in [0.25, 0.3) is 11.0 Å². The summed E-state index contributed by atoms with van der Waals surface area (Å²) in [4.78, 5) is 21.0. The lowest BCUT2D eigenvalue weighted by atomic mass is 9.96. The van der Waals surface area contributed by atoms with E-state index in [9.17, 15) is 4.79 Å². The van der Waals surface area contributed by atoms with E-state index in [0.29, 0.717) is 17.3 Å². The standard InChI is InChI=1S/C18H18ClIN4O/c1-18(2,3)16(25)23-17-21-14(19)13-12(20)10-24(15(13)22-17)9-11-7-5-4-6-8-11/h4-8,10H,9H2,1-3H3,(H,21,22,23,25). The third-order valence-electron chi connectivity index (χ3n) is 3.73. The van der Waals surface area contributed by atoms with Gasteiger partial charge in [0.05, 0.1) is 5.39 Å². The summed E-state index contributed by atoms with van der Waals surface area (Å²) in [5.74, 6) is 0.0695. The van der Waals surface area contributed by atoms with Gasteiger partial charge in [0.2, 0.25) is 11.9 Å². The number of hydrogen-bond acceptors (Lipinski definition) is 3. The molecule has 1 amide bonds. The summed E-state index contributed by atoms with van der Waals surface area (Å²) in [6.45, 7) is 6.18. The van der Waals surface area contributed by atoms with Crippen LogP contribution in [0.3, 0.4) is 0 Å². The van der Waals surface area contributed by atoms with Crippen molar-refractivity contribution in [1.82, 2.24) is 14.5 Å². The zero-order valence-corrected chi connectivity index (χ0v) is 17.1. The Kier molecular flexibility index (Phi) is 5.02. The summed E-state index contributed by atoms with van der Waals surface area (Å²) in [6.07, 6.45) is 1.99. The number of amides is 1. The number of carbonyl (C=O) groups excluding carboxylic acids is 1. The van der Waals surface area contributed by atoms with E-state index in [1.807, 2.05) is 49.7 Å². The maximum Gasteiger partial charge on any atom is 0.232 e. The number of anilines is 1. The number of halogens is 2. The highest BCUT2D eigenvalue weighted by molar-refractivity contribution is 14.1. The smallest absolute Gasteiger partial charge is 0.232 e. The Morgan fingerprint density at radius 2 is 1.92 bits per heavy atom. The normalized spacial score (nSPS) is 11.7. The molecule has 0 bridgehead atoms. The monoisotopic (exact) mass is 468 g/mol. The molecule has 7 heteroatoms. The summed E-state index contributed by atoms with van der Waals surface area (Å²) in [7, 11) is 0. The van der Waals surface area contributed by atoms with Crippen LogP contribution in [0.5, 0.6) is 0 Å². The molecule has 1 N–H and O–H groups in total. The Bertz CT molecular complexity index is 932. The average Bonchev–Trinajstić information content (AvgIpc) is 2.83. The van der Waals surface area contributed by atoms with Gasteiger partial charge in [0.1, 0.15) is 10.8 Å². The quantitative estimate of drug-likeness (QED) is 0.447. The van der Waals surface area contributed by atoms with Crippen molar-refractivity contribution in [3.05, 3.63) is 50.8 Å². The molecule has 0 radical (unpaired) electrons. The Morgan fingerprint density at radius 3 is 2.56 bits per heavy atom. The number of benzene rings is 1. The van der Waals surface area contributed by atoms with Crippen LogP contribution in [0.1, 0.15) is 26.3 Å². The second-order valence-corrected chi connectivity index (χ2v) is 8.35. The van der Waals surface area contributed by atoms with Crippen molar-refractivity contribution < 1.29 is 4.79 Å². The predicted octanol–water partition coefficient (Wildman–Crippen LogP) is 4.72.